The molecule has 0 aromatic heterocycles. The number of hydrogen-bond donors (Lipinski definition) is 1. The van der Waals surface area contributed by atoms with Gasteiger partial charge in [0.2, 0.25) is 10.0 Å². The van der Waals surface area contributed by atoms with Crippen molar-refractivity contribution in [3.63, 3.8) is 0 Å². The summed E-state index contributed by atoms with van der Waals surface area (Å²) in [5, 5.41) is 0.236. The van der Waals surface area contributed by atoms with E-state index < -0.39 is 16.1 Å². The van der Waals surface area contributed by atoms with E-state index in [1.807, 2.05) is 18.2 Å². The molecule has 1 N–H and O–H groups in total. The van der Waals surface area contributed by atoms with Crippen molar-refractivity contribution in [3.05, 3.63) is 53.1 Å². The lowest BCUT2D eigenvalue weighted by Crippen LogP contribution is -2.27. The molecular formula is C16H18ClNO4S. The minimum Gasteiger partial charge on any atom is -0.496 e. The topological polar surface area (TPSA) is 64.6 Å². The minimum atomic E-state index is -3.73. The molecule has 0 aliphatic carbocycles. The van der Waals surface area contributed by atoms with Gasteiger partial charge in [0.05, 0.1) is 24.1 Å². The van der Waals surface area contributed by atoms with Gasteiger partial charge in [-0.3, -0.25) is 0 Å². The average Bonchev–Trinajstić information content (AvgIpc) is 2.54. The second-order valence-corrected chi connectivity index (χ2v) is 7.00. The number of methoxy groups -OCH3 is 2. The van der Waals surface area contributed by atoms with Crippen LogP contribution in [-0.4, -0.2) is 22.6 Å². The molecule has 0 fully saturated rings. The van der Waals surface area contributed by atoms with Gasteiger partial charge in [-0.15, -0.1) is 0 Å². The summed E-state index contributed by atoms with van der Waals surface area (Å²) >= 11 is 6.00. The van der Waals surface area contributed by atoms with Crippen molar-refractivity contribution in [3.8, 4) is 11.5 Å². The van der Waals surface area contributed by atoms with Crippen LogP contribution >= 0.6 is 11.6 Å². The third-order valence-electron chi connectivity index (χ3n) is 3.37. The largest absolute Gasteiger partial charge is 0.496 e. The standard InChI is InChI=1S/C16H18ClNO4S/c1-11(13-6-4-5-7-15(13)21-2)18-23(19,20)12-8-9-16(22-3)14(17)10-12/h4-11,18H,1-3H3/t11-/m1/s1. The molecule has 124 valence electrons. The molecule has 0 amide bonds. The molecule has 0 bridgehead atoms. The number of benzene rings is 2. The third-order valence-corrected chi connectivity index (χ3v) is 5.20. The minimum absolute atomic E-state index is 0.0741. The first-order valence-corrected chi connectivity index (χ1v) is 8.74. The zero-order chi connectivity index (χ0) is 17.0. The molecule has 7 heteroatoms. The van der Waals surface area contributed by atoms with Crippen LogP contribution < -0.4 is 14.2 Å². The zero-order valence-electron chi connectivity index (χ0n) is 13.0. The van der Waals surface area contributed by atoms with Crippen LogP contribution in [0.1, 0.15) is 18.5 Å². The Balaban J connectivity index is 2.29. The van der Waals surface area contributed by atoms with Crippen molar-refractivity contribution >= 4 is 21.6 Å². The fourth-order valence-corrected chi connectivity index (χ4v) is 3.77. The molecular weight excluding hydrogens is 338 g/mol. The van der Waals surface area contributed by atoms with Crippen LogP contribution in [0.4, 0.5) is 0 Å². The first kappa shape index (κ1) is 17.6. The van der Waals surface area contributed by atoms with Crippen molar-refractivity contribution in [2.45, 2.75) is 17.9 Å². The van der Waals surface area contributed by atoms with Crippen LogP contribution in [0.2, 0.25) is 5.02 Å². The Kier molecular flexibility index (Phi) is 5.51. The van der Waals surface area contributed by atoms with Gasteiger partial charge in [0.25, 0.3) is 0 Å². The normalized spacial score (nSPS) is 12.7. The monoisotopic (exact) mass is 355 g/mol. The van der Waals surface area contributed by atoms with E-state index in [0.717, 1.165) is 5.56 Å². The quantitative estimate of drug-likeness (QED) is 0.862. The molecule has 1 atom stereocenters. The Morgan fingerprint density at radius 2 is 1.70 bits per heavy atom. The Bertz CT molecular complexity index is 792. The van der Waals surface area contributed by atoms with Gasteiger partial charge < -0.3 is 9.47 Å². The molecule has 0 aliphatic rings. The summed E-state index contributed by atoms with van der Waals surface area (Å²) in [5.41, 5.74) is 0.748. The number of hydrogen-bond acceptors (Lipinski definition) is 4. The predicted octanol–water partition coefficient (Wildman–Crippen LogP) is 3.40. The maximum atomic E-state index is 12.5. The first-order chi connectivity index (χ1) is 10.9. The smallest absolute Gasteiger partial charge is 0.241 e. The number of rotatable bonds is 6. The summed E-state index contributed by atoms with van der Waals surface area (Å²) in [7, 11) is -0.711. The summed E-state index contributed by atoms with van der Waals surface area (Å²) < 4.78 is 37.9. The first-order valence-electron chi connectivity index (χ1n) is 6.88. The van der Waals surface area contributed by atoms with Crippen LogP contribution in [0.15, 0.2) is 47.4 Å². The van der Waals surface area contributed by atoms with Crippen molar-refractivity contribution in [1.82, 2.24) is 4.72 Å². The summed E-state index contributed by atoms with van der Waals surface area (Å²) in [6.07, 6.45) is 0. The maximum Gasteiger partial charge on any atom is 0.241 e. The van der Waals surface area contributed by atoms with Crippen molar-refractivity contribution in [2.75, 3.05) is 14.2 Å². The number of para-hydroxylation sites is 1. The van der Waals surface area contributed by atoms with Crippen LogP contribution in [0, 0.1) is 0 Å². The molecule has 2 aromatic carbocycles. The second-order valence-electron chi connectivity index (χ2n) is 4.88. The van der Waals surface area contributed by atoms with Gasteiger partial charge in [-0.1, -0.05) is 29.8 Å². The summed E-state index contributed by atoms with van der Waals surface area (Å²) in [6, 6.07) is 11.1. The highest BCUT2D eigenvalue weighted by molar-refractivity contribution is 7.89. The Labute approximate surface area is 141 Å². The van der Waals surface area contributed by atoms with E-state index in [1.165, 1.54) is 25.3 Å². The third kappa shape index (κ3) is 3.96. The number of halogens is 1. The van der Waals surface area contributed by atoms with Crippen molar-refractivity contribution in [1.29, 1.82) is 0 Å². The van der Waals surface area contributed by atoms with Crippen molar-refractivity contribution in [2.24, 2.45) is 0 Å². The maximum absolute atomic E-state index is 12.5. The van der Waals surface area contributed by atoms with E-state index >= 15 is 0 Å². The average molecular weight is 356 g/mol. The molecule has 0 aliphatic heterocycles. The predicted molar refractivity (Wildman–Crippen MR) is 89.7 cm³/mol. The zero-order valence-corrected chi connectivity index (χ0v) is 14.6. The van der Waals surface area contributed by atoms with E-state index in [2.05, 4.69) is 4.72 Å². The summed E-state index contributed by atoms with van der Waals surface area (Å²) in [4.78, 5) is 0.0741. The number of sulfonamides is 1. The lowest BCUT2D eigenvalue weighted by atomic mass is 10.1. The lowest BCUT2D eigenvalue weighted by molar-refractivity contribution is 0.405. The highest BCUT2D eigenvalue weighted by atomic mass is 35.5. The lowest BCUT2D eigenvalue weighted by Gasteiger charge is -2.17. The Hall–Kier alpha value is -1.76. The van der Waals surface area contributed by atoms with Gasteiger partial charge in [-0.2, -0.15) is 0 Å². The molecule has 23 heavy (non-hydrogen) atoms. The van der Waals surface area contributed by atoms with Gasteiger partial charge >= 0.3 is 0 Å². The van der Waals surface area contributed by atoms with Crippen molar-refractivity contribution < 1.29 is 17.9 Å². The van der Waals surface area contributed by atoms with Gasteiger partial charge in [-0.05, 0) is 31.2 Å². The molecule has 5 nitrogen and oxygen atoms in total. The van der Waals surface area contributed by atoms with Gasteiger partial charge in [-0.25, -0.2) is 13.1 Å². The highest BCUT2D eigenvalue weighted by Crippen LogP contribution is 2.29. The van der Waals surface area contributed by atoms with E-state index in [-0.39, 0.29) is 9.92 Å². The molecule has 0 radical (unpaired) electrons. The van der Waals surface area contributed by atoms with Crippen LogP contribution in [0.5, 0.6) is 11.5 Å². The van der Waals surface area contributed by atoms with Crippen LogP contribution in [-0.2, 0) is 10.0 Å². The number of ether oxygens (including phenoxy) is 2. The second kappa shape index (κ2) is 7.21. The SMILES string of the molecule is COc1ccc(S(=O)(=O)N[C@H](C)c2ccccc2OC)cc1Cl. The molecule has 0 saturated carbocycles. The summed E-state index contributed by atoms with van der Waals surface area (Å²) in [5.74, 6) is 1.04. The molecule has 0 saturated heterocycles. The van der Waals surface area contributed by atoms with E-state index in [4.69, 9.17) is 21.1 Å². The number of nitrogens with one attached hydrogen (secondary N) is 1. The van der Waals surface area contributed by atoms with E-state index in [1.54, 1.807) is 20.1 Å². The Morgan fingerprint density at radius 1 is 1.04 bits per heavy atom. The fourth-order valence-electron chi connectivity index (χ4n) is 2.20. The van der Waals surface area contributed by atoms with E-state index in [9.17, 15) is 8.42 Å². The molecule has 0 unspecified atom stereocenters. The van der Waals surface area contributed by atoms with Gasteiger partial charge in [0.1, 0.15) is 11.5 Å². The molecule has 0 heterocycles. The van der Waals surface area contributed by atoms with Crippen LogP contribution in [0.25, 0.3) is 0 Å². The highest BCUT2D eigenvalue weighted by Gasteiger charge is 2.21. The van der Waals surface area contributed by atoms with Gasteiger partial charge in [0, 0.05) is 11.6 Å². The van der Waals surface area contributed by atoms with Gasteiger partial charge in [0.15, 0.2) is 0 Å². The van der Waals surface area contributed by atoms with Crippen LogP contribution in [0.3, 0.4) is 0 Å². The Morgan fingerprint density at radius 3 is 2.30 bits per heavy atom. The molecule has 0 spiro atoms. The van der Waals surface area contributed by atoms with E-state index in [0.29, 0.717) is 11.5 Å². The molecule has 2 aromatic rings. The molecule has 2 rings (SSSR count). The summed E-state index contributed by atoms with van der Waals surface area (Å²) in [6.45, 7) is 1.75. The fraction of sp³-hybridized carbons (Fsp3) is 0.250.